The molecular weight excluding hydrogens is 288 g/mol. The maximum Gasteiger partial charge on any atom is 0.250 e. The van der Waals surface area contributed by atoms with Crippen LogP contribution in [-0.4, -0.2) is 37.0 Å². The molecule has 2 rings (SSSR count). The Hall–Kier alpha value is -1.46. The molecule has 1 atom stereocenters. The van der Waals surface area contributed by atoms with Crippen LogP contribution in [0.2, 0.25) is 5.02 Å². The summed E-state index contributed by atoms with van der Waals surface area (Å²) in [6.07, 6.45) is 2.57. The number of amides is 1. The lowest BCUT2D eigenvalue weighted by Crippen LogP contribution is -2.29. The van der Waals surface area contributed by atoms with E-state index in [0.717, 1.165) is 13.1 Å². The van der Waals surface area contributed by atoms with Crippen molar-refractivity contribution in [2.75, 3.05) is 37.2 Å². The first kappa shape index (κ1) is 15.9. The molecule has 6 heteroatoms. The normalized spacial score (nSPS) is 16.9. The molecule has 0 saturated carbocycles. The summed E-state index contributed by atoms with van der Waals surface area (Å²) in [6, 6.07) is 3.18. The van der Waals surface area contributed by atoms with Crippen LogP contribution in [0.3, 0.4) is 0 Å². The second-order valence-electron chi connectivity index (χ2n) is 5.78. The average molecular weight is 311 g/mol. The minimum atomic E-state index is -0.529. The molecule has 1 amide bonds. The Bertz CT molecular complexity index is 515. The van der Waals surface area contributed by atoms with E-state index < -0.39 is 5.91 Å². The largest absolute Gasteiger partial charge is 0.399 e. The lowest BCUT2D eigenvalue weighted by molar-refractivity contribution is 0.100. The number of rotatable bonds is 6. The first-order chi connectivity index (χ1) is 9.97. The van der Waals surface area contributed by atoms with E-state index in [1.54, 1.807) is 12.1 Å². The summed E-state index contributed by atoms with van der Waals surface area (Å²) < 4.78 is 0. The third kappa shape index (κ3) is 4.25. The molecule has 1 aromatic rings. The number of anilines is 2. The molecule has 0 radical (unpaired) electrons. The van der Waals surface area contributed by atoms with E-state index in [-0.39, 0.29) is 0 Å². The van der Waals surface area contributed by atoms with Crippen molar-refractivity contribution >= 4 is 28.9 Å². The fraction of sp³-hybridized carbons (Fsp3) is 0.533. The molecule has 21 heavy (non-hydrogen) atoms. The molecule has 5 nitrogen and oxygen atoms in total. The fourth-order valence-corrected chi connectivity index (χ4v) is 3.04. The van der Waals surface area contributed by atoms with Crippen LogP contribution in [-0.2, 0) is 0 Å². The number of likely N-dealkylation sites (tertiary alicyclic amines) is 1. The van der Waals surface area contributed by atoms with Crippen LogP contribution in [0.1, 0.15) is 30.1 Å². The van der Waals surface area contributed by atoms with Crippen molar-refractivity contribution < 1.29 is 4.79 Å². The van der Waals surface area contributed by atoms with Crippen molar-refractivity contribution in [3.63, 3.8) is 0 Å². The van der Waals surface area contributed by atoms with E-state index in [9.17, 15) is 4.79 Å². The van der Waals surface area contributed by atoms with E-state index in [0.29, 0.717) is 27.9 Å². The summed E-state index contributed by atoms with van der Waals surface area (Å²) in [4.78, 5) is 14.0. The number of carbonyl (C=O) groups excluding carboxylic acids is 1. The minimum absolute atomic E-state index is 0.341. The lowest BCUT2D eigenvalue weighted by atomic mass is 10.1. The number of primary amides is 1. The Labute approximate surface area is 130 Å². The van der Waals surface area contributed by atoms with Crippen LogP contribution in [0.4, 0.5) is 11.4 Å². The monoisotopic (exact) mass is 310 g/mol. The summed E-state index contributed by atoms with van der Waals surface area (Å²) in [5, 5.41) is 3.68. The van der Waals surface area contributed by atoms with Crippen molar-refractivity contribution in [2.24, 2.45) is 11.7 Å². The molecule has 1 heterocycles. The van der Waals surface area contributed by atoms with Crippen LogP contribution in [0.5, 0.6) is 0 Å². The van der Waals surface area contributed by atoms with Crippen LogP contribution in [0.25, 0.3) is 0 Å². The lowest BCUT2D eigenvalue weighted by Gasteiger charge is -2.22. The van der Waals surface area contributed by atoms with Crippen LogP contribution >= 0.6 is 11.6 Å². The minimum Gasteiger partial charge on any atom is -0.399 e. The van der Waals surface area contributed by atoms with Gasteiger partial charge in [-0.15, -0.1) is 0 Å². The molecule has 116 valence electrons. The molecule has 1 unspecified atom stereocenters. The summed E-state index contributed by atoms with van der Waals surface area (Å²) in [5.41, 5.74) is 12.4. The quantitative estimate of drug-likeness (QED) is 0.703. The molecule has 0 spiro atoms. The highest BCUT2D eigenvalue weighted by atomic mass is 35.5. The van der Waals surface area contributed by atoms with Gasteiger partial charge in [0.1, 0.15) is 0 Å². The Morgan fingerprint density at radius 3 is 2.71 bits per heavy atom. The van der Waals surface area contributed by atoms with Gasteiger partial charge in [0.15, 0.2) is 0 Å². The number of carbonyl (C=O) groups is 1. The molecule has 0 bridgehead atoms. The van der Waals surface area contributed by atoms with E-state index in [2.05, 4.69) is 17.1 Å². The zero-order valence-electron chi connectivity index (χ0n) is 12.4. The Morgan fingerprint density at radius 1 is 1.43 bits per heavy atom. The molecule has 1 fully saturated rings. The molecule has 1 aromatic carbocycles. The fourth-order valence-electron chi connectivity index (χ4n) is 2.75. The van der Waals surface area contributed by atoms with Gasteiger partial charge >= 0.3 is 0 Å². The van der Waals surface area contributed by atoms with Gasteiger partial charge in [0.2, 0.25) is 0 Å². The Kier molecular flexibility index (Phi) is 5.31. The van der Waals surface area contributed by atoms with Gasteiger partial charge in [-0.2, -0.15) is 0 Å². The topological polar surface area (TPSA) is 84.4 Å². The second kappa shape index (κ2) is 7.00. The highest BCUT2D eigenvalue weighted by molar-refractivity contribution is 6.34. The number of nitrogens with one attached hydrogen (secondary N) is 1. The van der Waals surface area contributed by atoms with Crippen LogP contribution < -0.4 is 16.8 Å². The van der Waals surface area contributed by atoms with Crippen LogP contribution in [0, 0.1) is 5.92 Å². The van der Waals surface area contributed by atoms with E-state index in [4.69, 9.17) is 23.1 Å². The molecule has 5 N–H and O–H groups in total. The Balaban J connectivity index is 2.00. The number of hydrogen-bond donors (Lipinski definition) is 3. The maximum absolute atomic E-state index is 11.5. The first-order valence-corrected chi connectivity index (χ1v) is 7.70. The number of halogens is 1. The zero-order chi connectivity index (χ0) is 15.4. The number of hydrogen-bond acceptors (Lipinski definition) is 4. The van der Waals surface area contributed by atoms with Crippen molar-refractivity contribution in [2.45, 2.75) is 19.8 Å². The van der Waals surface area contributed by atoms with Gasteiger partial charge in [-0.25, -0.2) is 0 Å². The first-order valence-electron chi connectivity index (χ1n) is 7.32. The summed E-state index contributed by atoms with van der Waals surface area (Å²) in [5.74, 6) is -0.0728. The van der Waals surface area contributed by atoms with Crippen molar-refractivity contribution in [1.29, 1.82) is 0 Å². The van der Waals surface area contributed by atoms with Gasteiger partial charge < -0.3 is 21.7 Å². The summed E-state index contributed by atoms with van der Waals surface area (Å²) in [6.45, 7) is 6.32. The van der Waals surface area contributed by atoms with Gasteiger partial charge in [-0.1, -0.05) is 18.5 Å². The van der Waals surface area contributed by atoms with Crippen molar-refractivity contribution in [3.05, 3.63) is 22.7 Å². The summed E-state index contributed by atoms with van der Waals surface area (Å²) >= 11 is 6.17. The second-order valence-corrected chi connectivity index (χ2v) is 6.19. The number of nitrogens with two attached hydrogens (primary N) is 2. The molecule has 1 aliphatic rings. The van der Waals surface area contributed by atoms with Crippen molar-refractivity contribution in [3.8, 4) is 0 Å². The molecule has 0 aliphatic carbocycles. The van der Waals surface area contributed by atoms with E-state index >= 15 is 0 Å². The molecule has 1 saturated heterocycles. The molecule has 1 aliphatic heterocycles. The van der Waals surface area contributed by atoms with Gasteiger partial charge in [0.25, 0.3) is 5.91 Å². The number of nitrogens with zero attached hydrogens (tertiary/aromatic N) is 1. The molecule has 0 aromatic heterocycles. The molecular formula is C15H23ClN4O. The SMILES string of the molecule is CC(CNc1c(Cl)cc(N)cc1C(N)=O)CN1CCCC1. The van der Waals surface area contributed by atoms with Gasteiger partial charge in [0, 0.05) is 18.8 Å². The summed E-state index contributed by atoms with van der Waals surface area (Å²) in [7, 11) is 0. The highest BCUT2D eigenvalue weighted by Gasteiger charge is 2.17. The predicted octanol–water partition coefficient (Wildman–Crippen LogP) is 2.16. The zero-order valence-corrected chi connectivity index (χ0v) is 13.1. The van der Waals surface area contributed by atoms with Crippen molar-refractivity contribution in [1.82, 2.24) is 4.90 Å². The van der Waals surface area contributed by atoms with Gasteiger partial charge in [-0.05, 0) is 44.0 Å². The standard InChI is InChI=1S/C15H23ClN4O/c1-10(9-20-4-2-3-5-20)8-19-14-12(15(18)21)6-11(17)7-13(14)16/h6-7,10,19H,2-5,8-9,17H2,1H3,(H2,18,21). The predicted molar refractivity (Wildman–Crippen MR) is 87.7 cm³/mol. The average Bonchev–Trinajstić information content (AvgIpc) is 2.89. The number of benzene rings is 1. The number of nitrogen functional groups attached to an aromatic ring is 1. The highest BCUT2D eigenvalue weighted by Crippen LogP contribution is 2.29. The third-order valence-corrected chi connectivity index (χ3v) is 4.07. The van der Waals surface area contributed by atoms with Gasteiger partial charge in [0.05, 0.1) is 16.3 Å². The van der Waals surface area contributed by atoms with E-state index in [1.807, 2.05) is 0 Å². The third-order valence-electron chi connectivity index (χ3n) is 3.77. The maximum atomic E-state index is 11.5. The van der Waals surface area contributed by atoms with Crippen LogP contribution in [0.15, 0.2) is 12.1 Å². The van der Waals surface area contributed by atoms with Gasteiger partial charge in [-0.3, -0.25) is 4.79 Å². The Morgan fingerprint density at radius 2 is 2.10 bits per heavy atom. The van der Waals surface area contributed by atoms with E-state index in [1.165, 1.54) is 25.9 Å². The smallest absolute Gasteiger partial charge is 0.250 e.